The van der Waals surface area contributed by atoms with Gasteiger partial charge in [0.2, 0.25) is 0 Å². The van der Waals surface area contributed by atoms with Crippen molar-refractivity contribution in [3.8, 4) is 0 Å². The number of rotatable bonds is 5. The van der Waals surface area contributed by atoms with Gasteiger partial charge in [-0.3, -0.25) is 9.59 Å². The number of carbonyl (C=O) groups is 2. The molecule has 0 bridgehead atoms. The van der Waals surface area contributed by atoms with Crippen LogP contribution in [0.3, 0.4) is 0 Å². The van der Waals surface area contributed by atoms with Crippen LogP contribution in [0.15, 0.2) is 71.3 Å². The van der Waals surface area contributed by atoms with Crippen LogP contribution in [-0.4, -0.2) is 11.8 Å². The maximum Gasteiger partial charge on any atom is 0.291 e. The van der Waals surface area contributed by atoms with Crippen molar-refractivity contribution in [1.82, 2.24) is 5.32 Å². The number of aryl methyl sites for hydroxylation is 1. The SMILES string of the molecule is Cc1ccc(C(=O)NC(C)c2ccccc2)cc1NC(=O)c1ccco1. The summed E-state index contributed by atoms with van der Waals surface area (Å²) < 4.78 is 5.10. The molecule has 3 aromatic rings. The first-order valence-corrected chi connectivity index (χ1v) is 8.36. The largest absolute Gasteiger partial charge is 0.459 e. The fourth-order valence-corrected chi connectivity index (χ4v) is 2.59. The van der Waals surface area contributed by atoms with Crippen molar-refractivity contribution in [3.05, 3.63) is 89.4 Å². The Hall–Kier alpha value is -3.34. The Bertz CT molecular complexity index is 902. The van der Waals surface area contributed by atoms with Gasteiger partial charge in [0.25, 0.3) is 11.8 Å². The Morgan fingerprint density at radius 2 is 1.73 bits per heavy atom. The number of carbonyl (C=O) groups excluding carboxylic acids is 2. The molecule has 0 aliphatic carbocycles. The summed E-state index contributed by atoms with van der Waals surface area (Å²) in [6.45, 7) is 3.80. The number of furan rings is 1. The molecule has 0 aliphatic heterocycles. The molecule has 26 heavy (non-hydrogen) atoms. The van der Waals surface area contributed by atoms with Gasteiger partial charge in [-0.25, -0.2) is 0 Å². The second-order valence-electron chi connectivity index (χ2n) is 6.07. The van der Waals surface area contributed by atoms with Gasteiger partial charge in [0.05, 0.1) is 12.3 Å². The summed E-state index contributed by atoms with van der Waals surface area (Å²) in [5, 5.41) is 5.75. The van der Waals surface area contributed by atoms with Crippen molar-refractivity contribution in [2.24, 2.45) is 0 Å². The molecule has 5 nitrogen and oxygen atoms in total. The fourth-order valence-electron chi connectivity index (χ4n) is 2.59. The Labute approximate surface area is 152 Å². The average molecular weight is 348 g/mol. The molecule has 0 saturated heterocycles. The number of nitrogens with one attached hydrogen (secondary N) is 2. The summed E-state index contributed by atoms with van der Waals surface area (Å²) in [5.74, 6) is -0.333. The third-order valence-electron chi connectivity index (χ3n) is 4.14. The third kappa shape index (κ3) is 4.00. The molecule has 2 N–H and O–H groups in total. The first-order chi connectivity index (χ1) is 12.5. The Morgan fingerprint density at radius 3 is 2.42 bits per heavy atom. The highest BCUT2D eigenvalue weighted by molar-refractivity contribution is 6.04. The Balaban J connectivity index is 1.74. The van der Waals surface area contributed by atoms with E-state index >= 15 is 0 Å². The maximum atomic E-state index is 12.6. The van der Waals surface area contributed by atoms with Crippen molar-refractivity contribution in [3.63, 3.8) is 0 Å². The maximum absolute atomic E-state index is 12.6. The highest BCUT2D eigenvalue weighted by Crippen LogP contribution is 2.19. The van der Waals surface area contributed by atoms with Crippen molar-refractivity contribution < 1.29 is 14.0 Å². The molecule has 0 saturated carbocycles. The summed E-state index contributed by atoms with van der Waals surface area (Å²) in [6, 6.07) is 18.1. The van der Waals surface area contributed by atoms with Crippen LogP contribution in [0.1, 0.15) is 45.0 Å². The zero-order valence-corrected chi connectivity index (χ0v) is 14.7. The molecule has 3 rings (SSSR count). The van der Waals surface area contributed by atoms with Gasteiger partial charge in [-0.1, -0.05) is 36.4 Å². The molecule has 2 aromatic carbocycles. The van der Waals surface area contributed by atoms with Gasteiger partial charge in [0.1, 0.15) is 0 Å². The molecule has 1 aromatic heterocycles. The van der Waals surface area contributed by atoms with E-state index in [1.165, 1.54) is 6.26 Å². The van der Waals surface area contributed by atoms with Crippen LogP contribution in [0.4, 0.5) is 5.69 Å². The highest BCUT2D eigenvalue weighted by Gasteiger charge is 2.15. The van der Waals surface area contributed by atoms with Gasteiger partial charge in [0, 0.05) is 11.3 Å². The van der Waals surface area contributed by atoms with E-state index in [2.05, 4.69) is 10.6 Å². The van der Waals surface area contributed by atoms with Crippen LogP contribution in [0, 0.1) is 6.92 Å². The lowest BCUT2D eigenvalue weighted by Crippen LogP contribution is -2.26. The minimum Gasteiger partial charge on any atom is -0.459 e. The van der Waals surface area contributed by atoms with Gasteiger partial charge >= 0.3 is 0 Å². The lowest BCUT2D eigenvalue weighted by atomic mass is 10.1. The molecule has 5 heteroatoms. The van der Waals surface area contributed by atoms with Crippen LogP contribution in [0.5, 0.6) is 0 Å². The van der Waals surface area contributed by atoms with Crippen LogP contribution in [0.25, 0.3) is 0 Å². The third-order valence-corrected chi connectivity index (χ3v) is 4.14. The molecule has 132 valence electrons. The zero-order valence-electron chi connectivity index (χ0n) is 14.7. The van der Waals surface area contributed by atoms with Crippen LogP contribution in [0.2, 0.25) is 0 Å². The average Bonchev–Trinajstić information content (AvgIpc) is 3.19. The smallest absolute Gasteiger partial charge is 0.291 e. The second-order valence-corrected chi connectivity index (χ2v) is 6.07. The normalized spacial score (nSPS) is 11.6. The molecule has 0 fully saturated rings. The monoisotopic (exact) mass is 348 g/mol. The Morgan fingerprint density at radius 1 is 0.962 bits per heavy atom. The molecule has 0 aliphatic rings. The van der Waals surface area contributed by atoms with E-state index in [0.717, 1.165) is 11.1 Å². The molecule has 0 spiro atoms. The number of hydrogen-bond acceptors (Lipinski definition) is 3. The van der Waals surface area contributed by atoms with E-state index in [9.17, 15) is 9.59 Å². The summed E-state index contributed by atoms with van der Waals surface area (Å²) in [6.07, 6.45) is 1.44. The van der Waals surface area contributed by atoms with Gasteiger partial charge in [-0.05, 0) is 49.2 Å². The van der Waals surface area contributed by atoms with E-state index in [1.807, 2.05) is 44.2 Å². The predicted molar refractivity (Wildman–Crippen MR) is 100 cm³/mol. The van der Waals surface area contributed by atoms with Crippen LogP contribution < -0.4 is 10.6 Å². The second kappa shape index (κ2) is 7.70. The number of benzene rings is 2. The summed E-state index contributed by atoms with van der Waals surface area (Å²) in [5.41, 5.74) is 2.94. The topological polar surface area (TPSA) is 71.3 Å². The number of hydrogen-bond donors (Lipinski definition) is 2. The molecular weight excluding hydrogens is 328 g/mol. The Kier molecular flexibility index (Phi) is 5.17. The predicted octanol–water partition coefficient (Wildman–Crippen LogP) is 4.33. The molecule has 1 unspecified atom stereocenters. The zero-order chi connectivity index (χ0) is 18.5. The lowest BCUT2D eigenvalue weighted by molar-refractivity contribution is 0.0938. The molecule has 1 atom stereocenters. The van der Waals surface area contributed by atoms with Crippen LogP contribution >= 0.6 is 0 Å². The fraction of sp³-hybridized carbons (Fsp3) is 0.143. The minimum absolute atomic E-state index is 0.119. The van der Waals surface area contributed by atoms with E-state index in [4.69, 9.17) is 4.42 Å². The molecule has 2 amide bonds. The van der Waals surface area contributed by atoms with Gasteiger partial charge < -0.3 is 15.1 Å². The van der Waals surface area contributed by atoms with Gasteiger partial charge in [-0.15, -0.1) is 0 Å². The van der Waals surface area contributed by atoms with Crippen molar-refractivity contribution in [2.45, 2.75) is 19.9 Å². The van der Waals surface area contributed by atoms with Gasteiger partial charge in [0.15, 0.2) is 5.76 Å². The van der Waals surface area contributed by atoms with Crippen molar-refractivity contribution in [1.29, 1.82) is 0 Å². The number of anilines is 1. The first kappa shape index (κ1) is 17.5. The lowest BCUT2D eigenvalue weighted by Gasteiger charge is -2.15. The van der Waals surface area contributed by atoms with E-state index in [-0.39, 0.29) is 23.6 Å². The van der Waals surface area contributed by atoms with Gasteiger partial charge in [-0.2, -0.15) is 0 Å². The van der Waals surface area contributed by atoms with E-state index in [0.29, 0.717) is 11.3 Å². The first-order valence-electron chi connectivity index (χ1n) is 8.36. The standard InChI is InChI=1S/C21H20N2O3/c1-14-10-11-17(13-18(14)23-21(25)19-9-6-12-26-19)20(24)22-15(2)16-7-4-3-5-8-16/h3-13,15H,1-2H3,(H,22,24)(H,23,25). The molecule has 0 radical (unpaired) electrons. The van der Waals surface area contributed by atoms with Crippen LogP contribution in [-0.2, 0) is 0 Å². The minimum atomic E-state index is -0.353. The summed E-state index contributed by atoms with van der Waals surface area (Å²) in [4.78, 5) is 24.7. The molecule has 1 heterocycles. The van der Waals surface area contributed by atoms with Crippen molar-refractivity contribution >= 4 is 17.5 Å². The van der Waals surface area contributed by atoms with E-state index in [1.54, 1.807) is 30.3 Å². The molecular formula is C21H20N2O3. The summed E-state index contributed by atoms with van der Waals surface area (Å²) in [7, 11) is 0. The highest BCUT2D eigenvalue weighted by atomic mass is 16.3. The van der Waals surface area contributed by atoms with E-state index < -0.39 is 0 Å². The quantitative estimate of drug-likeness (QED) is 0.721. The number of amides is 2. The summed E-state index contributed by atoms with van der Waals surface area (Å²) >= 11 is 0. The van der Waals surface area contributed by atoms with Crippen molar-refractivity contribution in [2.75, 3.05) is 5.32 Å².